The minimum Gasteiger partial charge on any atom is -0.271 e. The first-order chi connectivity index (χ1) is 5.25. The summed E-state index contributed by atoms with van der Waals surface area (Å²) < 4.78 is 12.9. The molecule has 1 rings (SSSR count). The van der Waals surface area contributed by atoms with Gasteiger partial charge in [-0.25, -0.2) is 4.39 Å². The summed E-state index contributed by atoms with van der Waals surface area (Å²) in [5.41, 5.74) is 2.74. The van der Waals surface area contributed by atoms with Crippen molar-refractivity contribution >= 4 is 11.6 Å². The largest absolute Gasteiger partial charge is 0.271 e. The molecule has 1 aromatic rings. The fourth-order valence-corrected chi connectivity index (χ4v) is 1.03. The zero-order valence-electron chi connectivity index (χ0n) is 5.77. The van der Waals surface area contributed by atoms with Crippen molar-refractivity contribution in [1.29, 1.82) is 0 Å². The number of nitrogens with two attached hydrogens (primary N) is 1. The van der Waals surface area contributed by atoms with E-state index < -0.39 is 0 Å². The molecule has 0 radical (unpaired) electrons. The highest BCUT2D eigenvalue weighted by molar-refractivity contribution is 6.31. The van der Waals surface area contributed by atoms with Crippen LogP contribution in [0, 0.1) is 5.82 Å². The number of hydrogen-bond acceptors (Lipinski definition) is 2. The van der Waals surface area contributed by atoms with Crippen LogP contribution >= 0.6 is 11.6 Å². The van der Waals surface area contributed by atoms with Gasteiger partial charge in [0.15, 0.2) is 0 Å². The molecule has 4 heteroatoms. The van der Waals surface area contributed by atoms with Gasteiger partial charge in [-0.15, -0.1) is 0 Å². The minimum absolute atomic E-state index is 0.242. The van der Waals surface area contributed by atoms with Gasteiger partial charge in [-0.05, 0) is 12.1 Å². The molecule has 0 atom stereocenters. The Morgan fingerprint density at radius 2 is 2.27 bits per heavy atom. The molecule has 0 unspecified atom stereocenters. The Hall–Kier alpha value is -0.640. The Bertz CT molecular complexity index is 232. The van der Waals surface area contributed by atoms with Crippen LogP contribution in [0.1, 0.15) is 5.56 Å². The lowest BCUT2D eigenvalue weighted by Gasteiger charge is -2.03. The second-order valence-electron chi connectivity index (χ2n) is 2.08. The summed E-state index contributed by atoms with van der Waals surface area (Å²) in [6, 6.07) is 4.52. The summed E-state index contributed by atoms with van der Waals surface area (Å²) in [5.74, 6) is 4.69. The van der Waals surface area contributed by atoms with Gasteiger partial charge in [0.05, 0.1) is 0 Å². The van der Waals surface area contributed by atoms with Crippen LogP contribution in [-0.2, 0) is 6.54 Å². The van der Waals surface area contributed by atoms with E-state index in [-0.39, 0.29) is 12.4 Å². The van der Waals surface area contributed by atoms with E-state index in [2.05, 4.69) is 5.43 Å². The SMILES string of the molecule is NNCc1c(F)cccc1Cl. The van der Waals surface area contributed by atoms with E-state index in [0.717, 1.165) is 0 Å². The molecule has 0 spiro atoms. The highest BCUT2D eigenvalue weighted by Crippen LogP contribution is 2.17. The molecule has 0 aromatic heterocycles. The average Bonchev–Trinajstić information content (AvgIpc) is 1.97. The van der Waals surface area contributed by atoms with Crippen LogP contribution in [0.4, 0.5) is 4.39 Å². The van der Waals surface area contributed by atoms with Crippen LogP contribution in [0.3, 0.4) is 0 Å². The van der Waals surface area contributed by atoms with Gasteiger partial charge in [0, 0.05) is 17.1 Å². The molecule has 0 bridgehead atoms. The summed E-state index contributed by atoms with van der Waals surface area (Å²) in [6.07, 6.45) is 0. The molecule has 60 valence electrons. The Balaban J connectivity index is 3.00. The Morgan fingerprint density at radius 3 is 2.82 bits per heavy atom. The van der Waals surface area contributed by atoms with Gasteiger partial charge >= 0.3 is 0 Å². The molecular weight excluding hydrogens is 167 g/mol. The fraction of sp³-hybridized carbons (Fsp3) is 0.143. The number of rotatable bonds is 2. The van der Waals surface area contributed by atoms with Gasteiger partial charge < -0.3 is 0 Å². The van der Waals surface area contributed by atoms with E-state index in [0.29, 0.717) is 10.6 Å². The molecule has 1 aromatic carbocycles. The normalized spacial score (nSPS) is 10.1. The Morgan fingerprint density at radius 1 is 1.55 bits per heavy atom. The molecule has 11 heavy (non-hydrogen) atoms. The van der Waals surface area contributed by atoms with Crippen molar-refractivity contribution in [3.8, 4) is 0 Å². The highest BCUT2D eigenvalue weighted by Gasteiger charge is 2.04. The van der Waals surface area contributed by atoms with Gasteiger partial charge in [-0.2, -0.15) is 0 Å². The third kappa shape index (κ3) is 1.89. The lowest BCUT2D eigenvalue weighted by Crippen LogP contribution is -2.21. The van der Waals surface area contributed by atoms with Crippen LogP contribution in [0.25, 0.3) is 0 Å². The quantitative estimate of drug-likeness (QED) is 0.526. The summed E-state index contributed by atoms with van der Waals surface area (Å²) in [7, 11) is 0. The standard InChI is InChI=1S/C7H8ClFN2/c8-6-2-1-3-7(9)5(6)4-11-10/h1-3,11H,4,10H2. The molecule has 0 amide bonds. The smallest absolute Gasteiger partial charge is 0.129 e. The van der Waals surface area contributed by atoms with Gasteiger partial charge in [0.2, 0.25) is 0 Å². The summed E-state index contributed by atoms with van der Waals surface area (Å²) >= 11 is 5.67. The molecule has 0 fully saturated rings. The third-order valence-corrected chi connectivity index (χ3v) is 1.69. The molecule has 2 nitrogen and oxygen atoms in total. The maximum Gasteiger partial charge on any atom is 0.129 e. The van der Waals surface area contributed by atoms with Crippen molar-refractivity contribution in [2.45, 2.75) is 6.54 Å². The topological polar surface area (TPSA) is 38.0 Å². The summed E-state index contributed by atoms with van der Waals surface area (Å²) in [4.78, 5) is 0. The average molecular weight is 175 g/mol. The molecule has 0 saturated heterocycles. The number of benzene rings is 1. The minimum atomic E-state index is -0.338. The summed E-state index contributed by atoms with van der Waals surface area (Å²) in [6.45, 7) is 0.242. The lowest BCUT2D eigenvalue weighted by molar-refractivity contribution is 0.594. The summed E-state index contributed by atoms with van der Waals surface area (Å²) in [5, 5.41) is 0.392. The number of hydrogen-bond donors (Lipinski definition) is 2. The Kier molecular flexibility index (Phi) is 2.82. The van der Waals surface area contributed by atoms with E-state index in [4.69, 9.17) is 17.4 Å². The van der Waals surface area contributed by atoms with E-state index in [1.807, 2.05) is 0 Å². The first-order valence-corrected chi connectivity index (χ1v) is 3.50. The molecule has 0 heterocycles. The van der Waals surface area contributed by atoms with E-state index >= 15 is 0 Å². The first-order valence-electron chi connectivity index (χ1n) is 3.12. The zero-order valence-corrected chi connectivity index (χ0v) is 6.53. The van der Waals surface area contributed by atoms with E-state index in [1.54, 1.807) is 12.1 Å². The van der Waals surface area contributed by atoms with Crippen molar-refractivity contribution < 1.29 is 4.39 Å². The van der Waals surface area contributed by atoms with Gasteiger partial charge in [0.25, 0.3) is 0 Å². The molecule has 0 saturated carbocycles. The highest BCUT2D eigenvalue weighted by atomic mass is 35.5. The van der Waals surface area contributed by atoms with Crippen LogP contribution in [0.2, 0.25) is 5.02 Å². The predicted octanol–water partition coefficient (Wildman–Crippen LogP) is 1.44. The van der Waals surface area contributed by atoms with Gasteiger partial charge in [-0.3, -0.25) is 11.3 Å². The number of hydrazine groups is 1. The molecular formula is C7H8ClFN2. The number of nitrogens with one attached hydrogen (secondary N) is 1. The number of halogens is 2. The van der Waals surface area contributed by atoms with Crippen LogP contribution < -0.4 is 11.3 Å². The Labute approximate surface area is 69.1 Å². The van der Waals surface area contributed by atoms with Crippen molar-refractivity contribution in [3.63, 3.8) is 0 Å². The van der Waals surface area contributed by atoms with Crippen molar-refractivity contribution in [1.82, 2.24) is 5.43 Å². The van der Waals surface area contributed by atoms with E-state index in [1.165, 1.54) is 6.07 Å². The molecule has 3 N–H and O–H groups in total. The van der Waals surface area contributed by atoms with Gasteiger partial charge in [-0.1, -0.05) is 17.7 Å². The maximum absolute atomic E-state index is 12.9. The van der Waals surface area contributed by atoms with Crippen LogP contribution in [0.15, 0.2) is 18.2 Å². The maximum atomic E-state index is 12.9. The second-order valence-corrected chi connectivity index (χ2v) is 2.49. The third-order valence-electron chi connectivity index (χ3n) is 1.34. The zero-order chi connectivity index (χ0) is 8.27. The van der Waals surface area contributed by atoms with Crippen LogP contribution in [0.5, 0.6) is 0 Å². The second kappa shape index (κ2) is 3.67. The van der Waals surface area contributed by atoms with Crippen molar-refractivity contribution in [2.75, 3.05) is 0 Å². The van der Waals surface area contributed by atoms with E-state index in [9.17, 15) is 4.39 Å². The molecule has 0 aliphatic carbocycles. The first kappa shape index (κ1) is 8.46. The fourth-order valence-electron chi connectivity index (χ4n) is 0.803. The monoisotopic (exact) mass is 174 g/mol. The lowest BCUT2D eigenvalue weighted by atomic mass is 10.2. The molecule has 0 aliphatic heterocycles. The van der Waals surface area contributed by atoms with Crippen LogP contribution in [-0.4, -0.2) is 0 Å². The van der Waals surface area contributed by atoms with Crippen molar-refractivity contribution in [2.24, 2.45) is 5.84 Å². The predicted molar refractivity (Wildman–Crippen MR) is 42.4 cm³/mol. The molecule has 0 aliphatic rings. The van der Waals surface area contributed by atoms with Crippen molar-refractivity contribution in [3.05, 3.63) is 34.6 Å². The van der Waals surface area contributed by atoms with Gasteiger partial charge in [0.1, 0.15) is 5.82 Å².